The van der Waals surface area contributed by atoms with E-state index in [2.05, 4.69) is 0 Å². The molecule has 0 amide bonds. The van der Waals surface area contributed by atoms with Crippen LogP contribution in [0.4, 0.5) is 0 Å². The van der Waals surface area contributed by atoms with Crippen LogP contribution in [-0.4, -0.2) is 12.4 Å². The van der Waals surface area contributed by atoms with Crippen molar-refractivity contribution in [1.29, 1.82) is 0 Å². The molecule has 2 heteroatoms. The summed E-state index contributed by atoms with van der Waals surface area (Å²) < 4.78 is 5.63. The molecule has 2 nitrogen and oxygen atoms in total. The van der Waals surface area contributed by atoms with Crippen molar-refractivity contribution in [3.8, 4) is 5.75 Å². The Morgan fingerprint density at radius 1 is 1.12 bits per heavy atom. The van der Waals surface area contributed by atoms with Crippen LogP contribution in [0.2, 0.25) is 0 Å². The Bertz CT molecular complexity index is 550. The smallest absolute Gasteiger partial charge is 0.173 e. The first kappa shape index (κ1) is 10.3. The van der Waals surface area contributed by atoms with Crippen molar-refractivity contribution in [1.82, 2.24) is 0 Å². The second-order valence-electron chi connectivity index (χ2n) is 4.51. The van der Waals surface area contributed by atoms with Gasteiger partial charge in [-0.3, -0.25) is 4.79 Å². The summed E-state index contributed by atoms with van der Waals surface area (Å²) in [6.07, 6.45) is 2.08. The van der Waals surface area contributed by atoms with Crippen LogP contribution in [0.15, 0.2) is 42.5 Å². The lowest BCUT2D eigenvalue weighted by Crippen LogP contribution is -2.12. The van der Waals surface area contributed by atoms with Crippen LogP contribution in [0, 0.1) is 5.92 Å². The molecule has 3 rings (SSSR count). The van der Waals surface area contributed by atoms with Crippen LogP contribution in [0.3, 0.4) is 0 Å². The van der Waals surface area contributed by atoms with Crippen molar-refractivity contribution in [3.05, 3.63) is 42.5 Å². The van der Waals surface area contributed by atoms with Gasteiger partial charge in [0.25, 0.3) is 0 Å². The van der Waals surface area contributed by atoms with Gasteiger partial charge in [-0.2, -0.15) is 0 Å². The molecule has 2 aromatic rings. The van der Waals surface area contributed by atoms with Gasteiger partial charge in [0.2, 0.25) is 0 Å². The van der Waals surface area contributed by atoms with Crippen LogP contribution in [0.25, 0.3) is 10.8 Å². The molecule has 1 aliphatic rings. The highest BCUT2D eigenvalue weighted by atomic mass is 16.5. The number of Topliss-reactive ketones (excluding diaryl/α,β-unsaturated/α-hetero) is 1. The Kier molecular flexibility index (Phi) is 2.56. The maximum Gasteiger partial charge on any atom is 0.173 e. The molecule has 1 aliphatic carbocycles. The fourth-order valence-electron chi connectivity index (χ4n) is 1.99. The first-order chi connectivity index (χ1) is 8.34. The molecule has 86 valence electrons. The summed E-state index contributed by atoms with van der Waals surface area (Å²) in [5, 5.41) is 2.21. The quantitative estimate of drug-likeness (QED) is 0.800. The van der Waals surface area contributed by atoms with E-state index in [9.17, 15) is 4.79 Å². The summed E-state index contributed by atoms with van der Waals surface area (Å²) in [5.41, 5.74) is 0. The lowest BCUT2D eigenvalue weighted by Gasteiger charge is -2.08. The molecule has 1 saturated carbocycles. The number of hydrogen-bond acceptors (Lipinski definition) is 2. The molecular formula is C15H14O2. The molecule has 0 N–H and O–H groups in total. The van der Waals surface area contributed by atoms with E-state index in [0.29, 0.717) is 0 Å². The number of hydrogen-bond donors (Lipinski definition) is 0. The van der Waals surface area contributed by atoms with Crippen molar-refractivity contribution in [2.24, 2.45) is 5.92 Å². The van der Waals surface area contributed by atoms with E-state index in [1.165, 1.54) is 0 Å². The predicted octanol–water partition coefficient (Wildman–Crippen LogP) is 3.20. The number of carbonyl (C=O) groups excluding carboxylic acids is 1. The monoisotopic (exact) mass is 226 g/mol. The Morgan fingerprint density at radius 2 is 1.88 bits per heavy atom. The van der Waals surface area contributed by atoms with E-state index < -0.39 is 0 Å². The molecule has 0 radical (unpaired) electrons. The Balaban J connectivity index is 1.82. The molecular weight excluding hydrogens is 212 g/mol. The van der Waals surface area contributed by atoms with Crippen molar-refractivity contribution in [2.75, 3.05) is 6.61 Å². The third-order valence-electron chi connectivity index (χ3n) is 3.15. The highest BCUT2D eigenvalue weighted by Gasteiger charge is 2.29. The first-order valence-electron chi connectivity index (χ1n) is 5.98. The molecule has 0 aromatic heterocycles. The second-order valence-corrected chi connectivity index (χ2v) is 4.51. The number of carbonyl (C=O) groups is 1. The van der Waals surface area contributed by atoms with Gasteiger partial charge in [0.05, 0.1) is 0 Å². The van der Waals surface area contributed by atoms with Crippen LogP contribution in [-0.2, 0) is 4.79 Å². The van der Waals surface area contributed by atoms with Gasteiger partial charge in [0.15, 0.2) is 5.78 Å². The maximum atomic E-state index is 11.6. The summed E-state index contributed by atoms with van der Waals surface area (Å²) in [7, 11) is 0. The van der Waals surface area contributed by atoms with Crippen molar-refractivity contribution in [2.45, 2.75) is 12.8 Å². The molecule has 17 heavy (non-hydrogen) atoms. The Hall–Kier alpha value is -1.83. The molecule has 0 bridgehead atoms. The number of benzene rings is 2. The summed E-state index contributed by atoms with van der Waals surface area (Å²) in [6.45, 7) is 0.207. The van der Waals surface area contributed by atoms with Gasteiger partial charge in [-0.05, 0) is 24.3 Å². The van der Waals surface area contributed by atoms with E-state index in [0.717, 1.165) is 29.4 Å². The number of fused-ring (bicyclic) bond motifs is 1. The van der Waals surface area contributed by atoms with Crippen LogP contribution >= 0.6 is 0 Å². The van der Waals surface area contributed by atoms with Gasteiger partial charge in [0, 0.05) is 11.3 Å². The summed E-state index contributed by atoms with van der Waals surface area (Å²) in [4.78, 5) is 11.6. The second kappa shape index (κ2) is 4.21. The predicted molar refractivity (Wildman–Crippen MR) is 67.2 cm³/mol. The summed E-state index contributed by atoms with van der Waals surface area (Å²) in [6, 6.07) is 14.0. The maximum absolute atomic E-state index is 11.6. The molecule has 2 aromatic carbocycles. The lowest BCUT2D eigenvalue weighted by atomic mass is 10.1. The van der Waals surface area contributed by atoms with E-state index in [1.807, 2.05) is 42.5 Å². The zero-order chi connectivity index (χ0) is 11.7. The Labute approximate surface area is 100 Å². The zero-order valence-corrected chi connectivity index (χ0v) is 9.56. The topological polar surface area (TPSA) is 26.3 Å². The fourth-order valence-corrected chi connectivity index (χ4v) is 1.99. The minimum absolute atomic E-state index is 0.207. The van der Waals surface area contributed by atoms with Crippen molar-refractivity contribution < 1.29 is 9.53 Å². The highest BCUT2D eigenvalue weighted by molar-refractivity contribution is 5.89. The van der Waals surface area contributed by atoms with Crippen molar-refractivity contribution >= 4 is 16.6 Å². The average molecular weight is 226 g/mol. The van der Waals surface area contributed by atoms with E-state index in [1.54, 1.807) is 0 Å². The number of ketones is 1. The first-order valence-corrected chi connectivity index (χ1v) is 5.98. The SMILES string of the molecule is O=C(COc1cccc2ccccc12)C1CC1. The van der Waals surface area contributed by atoms with Gasteiger partial charge in [-0.1, -0.05) is 36.4 Å². The van der Waals surface area contributed by atoms with Crippen LogP contribution in [0.1, 0.15) is 12.8 Å². The van der Waals surface area contributed by atoms with Gasteiger partial charge >= 0.3 is 0 Å². The molecule has 0 spiro atoms. The van der Waals surface area contributed by atoms with Gasteiger partial charge in [0.1, 0.15) is 12.4 Å². The highest BCUT2D eigenvalue weighted by Crippen LogP contribution is 2.30. The third-order valence-corrected chi connectivity index (χ3v) is 3.15. The van der Waals surface area contributed by atoms with Crippen LogP contribution < -0.4 is 4.74 Å². The van der Waals surface area contributed by atoms with Crippen LogP contribution in [0.5, 0.6) is 5.75 Å². The largest absolute Gasteiger partial charge is 0.485 e. The standard InChI is InChI=1S/C15H14O2/c16-14(12-8-9-12)10-17-15-7-3-5-11-4-1-2-6-13(11)15/h1-7,12H,8-10H2. The third kappa shape index (κ3) is 2.16. The number of rotatable bonds is 4. The molecule has 0 atom stereocenters. The lowest BCUT2D eigenvalue weighted by molar-refractivity contribution is -0.122. The molecule has 0 heterocycles. The molecule has 0 aliphatic heterocycles. The van der Waals surface area contributed by atoms with Crippen molar-refractivity contribution in [3.63, 3.8) is 0 Å². The van der Waals surface area contributed by atoms with Gasteiger partial charge in [-0.25, -0.2) is 0 Å². The minimum Gasteiger partial charge on any atom is -0.485 e. The summed E-state index contributed by atoms with van der Waals surface area (Å²) in [5.74, 6) is 1.31. The zero-order valence-electron chi connectivity index (χ0n) is 9.56. The molecule has 1 fully saturated rings. The minimum atomic E-state index is 0.207. The van der Waals surface area contributed by atoms with E-state index in [-0.39, 0.29) is 18.3 Å². The van der Waals surface area contributed by atoms with Gasteiger partial charge < -0.3 is 4.74 Å². The average Bonchev–Trinajstić information content (AvgIpc) is 3.20. The summed E-state index contributed by atoms with van der Waals surface area (Å²) >= 11 is 0. The molecule has 0 unspecified atom stereocenters. The normalized spacial score (nSPS) is 14.8. The van der Waals surface area contributed by atoms with Gasteiger partial charge in [-0.15, -0.1) is 0 Å². The molecule has 0 saturated heterocycles. The fraction of sp³-hybridized carbons (Fsp3) is 0.267. The van der Waals surface area contributed by atoms with E-state index >= 15 is 0 Å². The number of ether oxygens (including phenoxy) is 1. The Morgan fingerprint density at radius 3 is 2.71 bits per heavy atom. The van der Waals surface area contributed by atoms with E-state index in [4.69, 9.17) is 4.74 Å².